The molecule has 1 aromatic heterocycles. The van der Waals surface area contributed by atoms with Crippen LogP contribution in [-0.2, 0) is 19.6 Å². The van der Waals surface area contributed by atoms with Crippen LogP contribution in [0.3, 0.4) is 0 Å². The second kappa shape index (κ2) is 5.93. The van der Waals surface area contributed by atoms with Crippen LogP contribution in [0.4, 0.5) is 5.69 Å². The number of rotatable bonds is 2. The molecule has 1 amide bonds. The Hall–Kier alpha value is -1.71. The average molecular weight is 366 g/mol. The van der Waals surface area contributed by atoms with Gasteiger partial charge in [0.2, 0.25) is 15.9 Å². The molecule has 3 saturated heterocycles. The fourth-order valence-electron chi connectivity index (χ4n) is 3.92. The molecule has 9 heteroatoms. The van der Waals surface area contributed by atoms with Crippen molar-refractivity contribution in [2.45, 2.75) is 24.7 Å². The molecule has 4 rings (SSSR count). The number of piperazine rings is 1. The molecule has 3 fully saturated rings. The van der Waals surface area contributed by atoms with Gasteiger partial charge in [0.1, 0.15) is 6.23 Å². The Bertz CT molecular complexity index is 762. The summed E-state index contributed by atoms with van der Waals surface area (Å²) in [6, 6.07) is 3.98. The zero-order valence-electron chi connectivity index (χ0n) is 14.2. The summed E-state index contributed by atoms with van der Waals surface area (Å²) in [6.07, 6.45) is 5.86. The van der Waals surface area contributed by atoms with E-state index in [4.69, 9.17) is 4.74 Å². The number of nitrogens with zero attached hydrogens (tertiary/aromatic N) is 4. The first-order valence-corrected chi connectivity index (χ1v) is 10.3. The number of sulfonamides is 1. The third-order valence-electron chi connectivity index (χ3n) is 5.36. The number of aromatic nitrogens is 1. The minimum Gasteiger partial charge on any atom is -0.371 e. The molecule has 25 heavy (non-hydrogen) atoms. The summed E-state index contributed by atoms with van der Waals surface area (Å²) >= 11 is 0. The second-order valence-corrected chi connectivity index (χ2v) is 9.01. The third kappa shape index (κ3) is 3.11. The average Bonchev–Trinajstić information content (AvgIpc) is 2.94. The quantitative estimate of drug-likeness (QED) is 0.726. The Kier molecular flexibility index (Phi) is 3.97. The molecular formula is C16H22N4O4S. The molecule has 0 N–H and O–H groups in total. The first-order valence-electron chi connectivity index (χ1n) is 8.44. The van der Waals surface area contributed by atoms with E-state index in [2.05, 4.69) is 9.88 Å². The largest absolute Gasteiger partial charge is 0.371 e. The lowest BCUT2D eigenvalue weighted by atomic mass is 9.91. The van der Waals surface area contributed by atoms with E-state index in [0.29, 0.717) is 6.54 Å². The van der Waals surface area contributed by atoms with Gasteiger partial charge in [0, 0.05) is 31.2 Å². The third-order valence-corrected chi connectivity index (χ3v) is 6.57. The lowest BCUT2D eigenvalue weighted by molar-refractivity contribution is -0.144. The van der Waals surface area contributed by atoms with Crippen LogP contribution < -0.4 is 4.90 Å². The molecule has 0 saturated carbocycles. The Morgan fingerprint density at radius 2 is 1.92 bits per heavy atom. The molecule has 4 heterocycles. The molecule has 1 aromatic rings. The SMILES string of the molecule is CS(=O)(=O)N1CC(=O)N2CC3(CCN(c4ccncc4)CC3)OC2C1. The van der Waals surface area contributed by atoms with E-state index >= 15 is 0 Å². The molecule has 0 bridgehead atoms. The Balaban J connectivity index is 1.45. The van der Waals surface area contributed by atoms with Gasteiger partial charge in [-0.3, -0.25) is 9.78 Å². The first kappa shape index (κ1) is 16.7. The number of carbonyl (C=O) groups is 1. The van der Waals surface area contributed by atoms with Crippen LogP contribution in [0.2, 0.25) is 0 Å². The standard InChI is InChI=1S/C16H22N4O4S/c1-25(22,23)19-10-14(21)20-12-16(24-15(20)11-19)4-8-18(9-5-16)13-2-6-17-7-3-13/h2-3,6-7,15H,4-5,8-12H2,1H3. The zero-order valence-corrected chi connectivity index (χ0v) is 15.0. The molecule has 0 aromatic carbocycles. The van der Waals surface area contributed by atoms with E-state index in [1.54, 1.807) is 17.3 Å². The fourth-order valence-corrected chi connectivity index (χ4v) is 4.67. The number of hydrogen-bond donors (Lipinski definition) is 0. The number of fused-ring (bicyclic) bond motifs is 1. The molecule has 8 nitrogen and oxygen atoms in total. The molecule has 1 atom stereocenters. The zero-order chi connectivity index (χ0) is 17.7. The molecule has 0 radical (unpaired) electrons. The Morgan fingerprint density at radius 3 is 2.56 bits per heavy atom. The van der Waals surface area contributed by atoms with Crippen molar-refractivity contribution in [1.82, 2.24) is 14.2 Å². The predicted octanol–water partition coefficient (Wildman–Crippen LogP) is -0.119. The fraction of sp³-hybridized carbons (Fsp3) is 0.625. The van der Waals surface area contributed by atoms with Crippen LogP contribution in [0, 0.1) is 0 Å². The molecule has 1 unspecified atom stereocenters. The van der Waals surface area contributed by atoms with E-state index in [-0.39, 0.29) is 24.6 Å². The van der Waals surface area contributed by atoms with E-state index < -0.39 is 16.3 Å². The highest BCUT2D eigenvalue weighted by atomic mass is 32.2. The molecule has 3 aliphatic heterocycles. The number of ether oxygens (including phenoxy) is 1. The van der Waals surface area contributed by atoms with Crippen molar-refractivity contribution in [1.29, 1.82) is 0 Å². The second-order valence-electron chi connectivity index (χ2n) is 7.03. The molecular weight excluding hydrogens is 344 g/mol. The summed E-state index contributed by atoms with van der Waals surface area (Å²) in [5.74, 6) is -0.171. The van der Waals surface area contributed by atoms with Crippen molar-refractivity contribution in [3.8, 4) is 0 Å². The van der Waals surface area contributed by atoms with Crippen molar-refractivity contribution >= 4 is 21.6 Å². The van der Waals surface area contributed by atoms with E-state index in [0.717, 1.165) is 37.9 Å². The van der Waals surface area contributed by atoms with E-state index in [1.807, 2.05) is 12.1 Å². The van der Waals surface area contributed by atoms with Crippen LogP contribution >= 0.6 is 0 Å². The lowest BCUT2D eigenvalue weighted by Gasteiger charge is -2.39. The van der Waals surface area contributed by atoms with Gasteiger partial charge in [0.15, 0.2) is 0 Å². The summed E-state index contributed by atoms with van der Waals surface area (Å²) in [7, 11) is -3.39. The topological polar surface area (TPSA) is 83.1 Å². The van der Waals surface area contributed by atoms with Gasteiger partial charge in [0.05, 0.1) is 31.5 Å². The number of carbonyl (C=O) groups excluding carboxylic acids is 1. The van der Waals surface area contributed by atoms with Crippen molar-refractivity contribution in [2.75, 3.05) is 43.9 Å². The van der Waals surface area contributed by atoms with Crippen LogP contribution in [0.5, 0.6) is 0 Å². The Labute approximate surface area is 147 Å². The van der Waals surface area contributed by atoms with Crippen LogP contribution in [0.25, 0.3) is 0 Å². The van der Waals surface area contributed by atoms with Crippen molar-refractivity contribution in [3.63, 3.8) is 0 Å². The number of piperidine rings is 1. The highest BCUT2D eigenvalue weighted by Gasteiger charge is 2.51. The predicted molar refractivity (Wildman–Crippen MR) is 91.4 cm³/mol. The first-order chi connectivity index (χ1) is 11.9. The van der Waals surface area contributed by atoms with Gasteiger partial charge >= 0.3 is 0 Å². The van der Waals surface area contributed by atoms with Crippen molar-refractivity contribution in [3.05, 3.63) is 24.5 Å². The van der Waals surface area contributed by atoms with Gasteiger partial charge in [0.25, 0.3) is 0 Å². The number of amides is 1. The van der Waals surface area contributed by atoms with Gasteiger partial charge in [-0.05, 0) is 25.0 Å². The monoisotopic (exact) mass is 366 g/mol. The number of anilines is 1. The van der Waals surface area contributed by atoms with Gasteiger partial charge in [-0.15, -0.1) is 0 Å². The minimum atomic E-state index is -3.39. The molecule has 1 spiro atoms. The number of hydrogen-bond acceptors (Lipinski definition) is 6. The minimum absolute atomic E-state index is 0.0854. The van der Waals surface area contributed by atoms with Gasteiger partial charge in [-0.2, -0.15) is 4.31 Å². The molecule has 3 aliphatic rings. The van der Waals surface area contributed by atoms with Crippen LogP contribution in [-0.4, -0.2) is 79.3 Å². The summed E-state index contributed by atoms with van der Waals surface area (Å²) in [6.45, 7) is 2.37. The smallest absolute Gasteiger partial charge is 0.240 e. The summed E-state index contributed by atoms with van der Waals surface area (Å²) in [4.78, 5) is 20.4. The van der Waals surface area contributed by atoms with E-state index in [9.17, 15) is 13.2 Å². The van der Waals surface area contributed by atoms with Gasteiger partial charge in [-0.25, -0.2) is 8.42 Å². The van der Waals surface area contributed by atoms with Crippen LogP contribution in [0.1, 0.15) is 12.8 Å². The normalized spacial score (nSPS) is 26.9. The maximum atomic E-state index is 12.4. The summed E-state index contributed by atoms with van der Waals surface area (Å²) < 4.78 is 31.0. The maximum absolute atomic E-state index is 12.4. The summed E-state index contributed by atoms with van der Waals surface area (Å²) in [5, 5.41) is 0. The Morgan fingerprint density at radius 1 is 1.24 bits per heavy atom. The molecule has 136 valence electrons. The maximum Gasteiger partial charge on any atom is 0.240 e. The van der Waals surface area contributed by atoms with Crippen molar-refractivity contribution in [2.24, 2.45) is 0 Å². The van der Waals surface area contributed by atoms with Gasteiger partial charge < -0.3 is 14.5 Å². The molecule has 0 aliphatic carbocycles. The van der Waals surface area contributed by atoms with E-state index in [1.165, 1.54) is 4.31 Å². The highest BCUT2D eigenvalue weighted by molar-refractivity contribution is 7.88. The van der Waals surface area contributed by atoms with Crippen LogP contribution in [0.15, 0.2) is 24.5 Å². The van der Waals surface area contributed by atoms with Crippen molar-refractivity contribution < 1.29 is 17.9 Å². The number of pyridine rings is 1. The van der Waals surface area contributed by atoms with Gasteiger partial charge in [-0.1, -0.05) is 0 Å². The summed E-state index contributed by atoms with van der Waals surface area (Å²) in [5.41, 5.74) is 0.775. The highest BCUT2D eigenvalue weighted by Crippen LogP contribution is 2.38. The lowest BCUT2D eigenvalue weighted by Crippen LogP contribution is -2.55.